The van der Waals surface area contributed by atoms with E-state index in [1.807, 2.05) is 26.8 Å². The lowest BCUT2D eigenvalue weighted by Gasteiger charge is -2.35. The first kappa shape index (κ1) is 21.5. The molecule has 1 fully saturated rings. The number of nitrogens with zero attached hydrogens (tertiary/aromatic N) is 4. The van der Waals surface area contributed by atoms with Crippen LogP contribution in [0.15, 0.2) is 30.5 Å². The molecule has 0 spiro atoms. The van der Waals surface area contributed by atoms with Crippen molar-refractivity contribution < 1.29 is 14.4 Å². The fourth-order valence-corrected chi connectivity index (χ4v) is 4.01. The Labute approximate surface area is 186 Å². The van der Waals surface area contributed by atoms with Crippen LogP contribution in [0.25, 0.3) is 0 Å². The summed E-state index contributed by atoms with van der Waals surface area (Å²) in [6.07, 6.45) is 2.28. The normalized spacial score (nSPS) is 16.6. The molecule has 0 radical (unpaired) electrons. The number of hydrogen-bond donors (Lipinski definition) is 3. The van der Waals surface area contributed by atoms with Crippen molar-refractivity contribution in [2.24, 2.45) is 0 Å². The van der Waals surface area contributed by atoms with Crippen LogP contribution in [-0.4, -0.2) is 59.5 Å². The van der Waals surface area contributed by atoms with Crippen LogP contribution in [0.2, 0.25) is 0 Å². The molecule has 3 N–H and O–H groups in total. The Morgan fingerprint density at radius 3 is 2.75 bits per heavy atom. The fraction of sp³-hybridized carbons (Fsp3) is 0.409. The molecule has 4 rings (SSSR count). The largest absolute Gasteiger partial charge is 0.366 e. The molecule has 2 aromatic rings. The van der Waals surface area contributed by atoms with E-state index in [1.54, 1.807) is 17.0 Å². The van der Waals surface area contributed by atoms with Gasteiger partial charge in [-0.1, -0.05) is 0 Å². The zero-order chi connectivity index (χ0) is 22.8. The standard InChI is InChI=1S/C22H27N7O3/c1-4-23-20(30)14-7-9-24-18(11-14)27-22(32)29-15-8-10-28(12-15)17-6-5-16(26-19(17)29)21(31)25-13(2)3/h5-7,9,11,13,15H,4,8,10,12H2,1-3H3,(H,23,30)(H,25,31)(H,24,27,32). The second kappa shape index (κ2) is 8.81. The maximum atomic E-state index is 13.3. The summed E-state index contributed by atoms with van der Waals surface area (Å²) in [7, 11) is 0. The Hall–Kier alpha value is -3.69. The van der Waals surface area contributed by atoms with Crippen LogP contribution >= 0.6 is 0 Å². The molecule has 1 unspecified atom stereocenters. The molecule has 32 heavy (non-hydrogen) atoms. The van der Waals surface area contributed by atoms with E-state index in [1.165, 1.54) is 12.3 Å². The molecule has 0 aromatic carbocycles. The minimum Gasteiger partial charge on any atom is -0.366 e. The highest BCUT2D eigenvalue weighted by atomic mass is 16.2. The van der Waals surface area contributed by atoms with Crippen LogP contribution in [0, 0.1) is 0 Å². The lowest BCUT2D eigenvalue weighted by molar-refractivity contribution is 0.0935. The summed E-state index contributed by atoms with van der Waals surface area (Å²) in [6.45, 7) is 7.61. The second-order valence-electron chi connectivity index (χ2n) is 8.15. The van der Waals surface area contributed by atoms with Crippen molar-refractivity contribution in [3.8, 4) is 0 Å². The van der Waals surface area contributed by atoms with E-state index < -0.39 is 6.03 Å². The van der Waals surface area contributed by atoms with Crippen molar-refractivity contribution in [3.63, 3.8) is 0 Å². The van der Waals surface area contributed by atoms with Gasteiger partial charge < -0.3 is 15.5 Å². The predicted octanol–water partition coefficient (Wildman–Crippen LogP) is 2.00. The van der Waals surface area contributed by atoms with Crippen LogP contribution in [0.4, 0.5) is 22.1 Å². The topological polar surface area (TPSA) is 120 Å². The Balaban J connectivity index is 1.61. The predicted molar refractivity (Wildman–Crippen MR) is 121 cm³/mol. The van der Waals surface area contributed by atoms with Gasteiger partial charge in [0.25, 0.3) is 11.8 Å². The first-order valence-corrected chi connectivity index (χ1v) is 10.8. The number of urea groups is 1. The van der Waals surface area contributed by atoms with Crippen LogP contribution < -0.4 is 25.8 Å². The summed E-state index contributed by atoms with van der Waals surface area (Å²) >= 11 is 0. The van der Waals surface area contributed by atoms with Gasteiger partial charge in [0.15, 0.2) is 5.82 Å². The van der Waals surface area contributed by atoms with Gasteiger partial charge in [-0.05, 0) is 51.5 Å². The van der Waals surface area contributed by atoms with Gasteiger partial charge in [-0.3, -0.25) is 19.8 Å². The first-order chi connectivity index (χ1) is 15.4. The van der Waals surface area contributed by atoms with E-state index in [9.17, 15) is 14.4 Å². The Morgan fingerprint density at radius 1 is 1.19 bits per heavy atom. The SMILES string of the molecule is CCNC(=O)c1ccnc(NC(=O)N2c3nc(C(=O)NC(C)C)ccc3N3CCC2C3)c1. The number of nitrogens with one attached hydrogen (secondary N) is 3. The summed E-state index contributed by atoms with van der Waals surface area (Å²) in [5, 5.41) is 8.35. The molecule has 0 saturated carbocycles. The van der Waals surface area contributed by atoms with Crippen LogP contribution in [0.1, 0.15) is 48.0 Å². The van der Waals surface area contributed by atoms with Crippen molar-refractivity contribution >= 4 is 35.2 Å². The number of amides is 4. The lowest BCUT2D eigenvalue weighted by Crippen LogP contribution is -2.48. The third kappa shape index (κ3) is 4.20. The number of carbonyl (C=O) groups excluding carboxylic acids is 3. The minimum atomic E-state index is -0.396. The van der Waals surface area contributed by atoms with Gasteiger partial charge in [0, 0.05) is 37.4 Å². The smallest absolute Gasteiger partial charge is 0.329 e. The second-order valence-corrected chi connectivity index (χ2v) is 8.15. The van der Waals surface area contributed by atoms with Crippen LogP contribution in [0.5, 0.6) is 0 Å². The van der Waals surface area contributed by atoms with Gasteiger partial charge in [0.05, 0.1) is 11.7 Å². The molecule has 4 heterocycles. The van der Waals surface area contributed by atoms with Gasteiger partial charge in [-0.25, -0.2) is 14.8 Å². The number of fused-ring (bicyclic) bond motifs is 4. The van der Waals surface area contributed by atoms with Gasteiger partial charge in [0.2, 0.25) is 0 Å². The Kier molecular flexibility index (Phi) is 5.93. The van der Waals surface area contributed by atoms with Crippen molar-refractivity contribution in [3.05, 3.63) is 41.7 Å². The van der Waals surface area contributed by atoms with E-state index in [4.69, 9.17) is 0 Å². The molecule has 2 aromatic heterocycles. The average molecular weight is 438 g/mol. The van der Waals surface area contributed by atoms with E-state index in [0.29, 0.717) is 24.5 Å². The molecule has 0 aliphatic carbocycles. The monoisotopic (exact) mass is 437 g/mol. The number of aromatic nitrogens is 2. The highest BCUT2D eigenvalue weighted by Gasteiger charge is 2.40. The number of hydrogen-bond acceptors (Lipinski definition) is 6. The zero-order valence-electron chi connectivity index (χ0n) is 18.4. The van der Waals surface area contributed by atoms with Crippen molar-refractivity contribution in [2.45, 2.75) is 39.3 Å². The van der Waals surface area contributed by atoms with E-state index in [-0.39, 0.29) is 35.4 Å². The summed E-state index contributed by atoms with van der Waals surface area (Å²) in [5.74, 6) is 0.206. The highest BCUT2D eigenvalue weighted by Crippen LogP contribution is 2.39. The molecular weight excluding hydrogens is 410 g/mol. The first-order valence-electron chi connectivity index (χ1n) is 10.8. The molecule has 2 aliphatic heterocycles. The number of carbonyl (C=O) groups is 3. The van der Waals surface area contributed by atoms with E-state index in [0.717, 1.165) is 18.7 Å². The molecule has 10 heteroatoms. The quantitative estimate of drug-likeness (QED) is 0.658. The number of rotatable bonds is 5. The highest BCUT2D eigenvalue weighted by molar-refractivity contribution is 6.05. The molecule has 1 saturated heterocycles. The molecular formula is C22H27N7O3. The molecule has 1 atom stereocenters. The van der Waals surface area contributed by atoms with E-state index in [2.05, 4.69) is 30.8 Å². The summed E-state index contributed by atoms with van der Waals surface area (Å²) in [4.78, 5) is 50.4. The summed E-state index contributed by atoms with van der Waals surface area (Å²) in [5.41, 5.74) is 1.49. The van der Waals surface area contributed by atoms with Crippen LogP contribution in [-0.2, 0) is 0 Å². The van der Waals surface area contributed by atoms with Crippen LogP contribution in [0.3, 0.4) is 0 Å². The number of pyridine rings is 2. The maximum absolute atomic E-state index is 13.3. The van der Waals surface area contributed by atoms with Gasteiger partial charge >= 0.3 is 6.03 Å². The Bertz CT molecular complexity index is 1060. The third-order valence-electron chi connectivity index (χ3n) is 5.42. The molecule has 168 valence electrons. The van der Waals surface area contributed by atoms with Crippen molar-refractivity contribution in [2.75, 3.05) is 34.8 Å². The third-order valence-corrected chi connectivity index (χ3v) is 5.42. The zero-order valence-corrected chi connectivity index (χ0v) is 18.4. The fourth-order valence-electron chi connectivity index (χ4n) is 4.01. The average Bonchev–Trinajstić information content (AvgIpc) is 3.17. The van der Waals surface area contributed by atoms with E-state index >= 15 is 0 Å². The number of anilines is 3. The Morgan fingerprint density at radius 2 is 2.00 bits per heavy atom. The van der Waals surface area contributed by atoms with Crippen molar-refractivity contribution in [1.82, 2.24) is 20.6 Å². The molecule has 10 nitrogen and oxygen atoms in total. The minimum absolute atomic E-state index is 0.0251. The van der Waals surface area contributed by atoms with Gasteiger partial charge in [0.1, 0.15) is 11.5 Å². The lowest BCUT2D eigenvalue weighted by atomic mass is 10.1. The maximum Gasteiger partial charge on any atom is 0.329 e. The van der Waals surface area contributed by atoms with Gasteiger partial charge in [-0.15, -0.1) is 0 Å². The molecule has 2 aliphatic rings. The summed E-state index contributed by atoms with van der Waals surface area (Å²) < 4.78 is 0. The molecule has 4 amide bonds. The summed E-state index contributed by atoms with van der Waals surface area (Å²) in [6, 6.07) is 6.16. The molecule has 2 bridgehead atoms. The van der Waals surface area contributed by atoms with Gasteiger partial charge in [-0.2, -0.15) is 0 Å². The van der Waals surface area contributed by atoms with Crippen molar-refractivity contribution in [1.29, 1.82) is 0 Å².